The van der Waals surface area contributed by atoms with Gasteiger partial charge in [-0.1, -0.05) is 181 Å². The second-order valence-electron chi connectivity index (χ2n) is 12.9. The first-order chi connectivity index (χ1) is 25.7. The van der Waals surface area contributed by atoms with E-state index in [0.717, 1.165) is 24.3 Å². The van der Waals surface area contributed by atoms with E-state index in [-0.39, 0.29) is 5.16 Å². The highest BCUT2D eigenvalue weighted by atomic mass is 28.2. The van der Waals surface area contributed by atoms with Gasteiger partial charge in [-0.05, 0) is 48.2 Å². The minimum Gasteiger partial charge on any atom is -0.494 e. The predicted octanol–water partition coefficient (Wildman–Crippen LogP) is 6.91. The van der Waals surface area contributed by atoms with Crippen molar-refractivity contribution in [2.45, 2.75) is 31.9 Å². The fourth-order valence-corrected chi connectivity index (χ4v) is 9.09. The molecule has 52 heavy (non-hydrogen) atoms. The molecule has 1 heterocycles. The standard InChI is InChI=1S/C28H32N2O2Si.C18H15B/c1-3-18-31-25-12-8-10-23(20-25)28(30-17-16-29-22-30,33-27-14-6-5-7-15-27)24-11-9-13-26(21-24)32-19-4-2;1-4-10-16(11-5-1)19(17-12-6-2-7-13-17)18-14-8-3-9-15-18/h5-17,20-22H,3-4,18-19,33H2,1-2H3;1-15H. The number of nitrogens with zero attached hydrogens (tertiary/aromatic N) is 2. The average molecular weight is 699 g/mol. The maximum Gasteiger partial charge on any atom is 0.241 e. The number of hydrogen-bond donors (Lipinski definition) is 0. The van der Waals surface area contributed by atoms with Crippen molar-refractivity contribution >= 4 is 37.8 Å². The van der Waals surface area contributed by atoms with Gasteiger partial charge in [0.15, 0.2) is 0 Å². The zero-order chi connectivity index (χ0) is 35.9. The molecule has 0 fully saturated rings. The molecule has 0 aliphatic rings. The average Bonchev–Trinajstić information content (AvgIpc) is 3.76. The minimum absolute atomic E-state index is 0.309. The highest BCUT2D eigenvalue weighted by Crippen LogP contribution is 2.36. The van der Waals surface area contributed by atoms with Crippen LogP contribution in [0.2, 0.25) is 0 Å². The van der Waals surface area contributed by atoms with Crippen LogP contribution in [0.5, 0.6) is 11.5 Å². The van der Waals surface area contributed by atoms with Crippen LogP contribution in [0.1, 0.15) is 37.8 Å². The molecule has 0 saturated heterocycles. The van der Waals surface area contributed by atoms with Gasteiger partial charge in [-0.3, -0.25) is 0 Å². The molecular formula is C46H47BN2O2Si. The molecular weight excluding hydrogens is 651 g/mol. The number of aromatic nitrogens is 2. The summed E-state index contributed by atoms with van der Waals surface area (Å²) < 4.78 is 14.3. The van der Waals surface area contributed by atoms with Crippen LogP contribution in [-0.4, -0.2) is 39.0 Å². The van der Waals surface area contributed by atoms with E-state index in [4.69, 9.17) is 9.47 Å². The van der Waals surface area contributed by atoms with Crippen molar-refractivity contribution in [3.63, 3.8) is 0 Å². The number of ether oxygens (including phenoxy) is 2. The van der Waals surface area contributed by atoms with Crippen molar-refractivity contribution in [2.24, 2.45) is 0 Å². The zero-order valence-electron chi connectivity index (χ0n) is 30.2. The molecule has 7 aromatic rings. The second-order valence-corrected chi connectivity index (χ2v) is 15.1. The van der Waals surface area contributed by atoms with Crippen molar-refractivity contribution in [3.05, 3.63) is 200 Å². The maximum absolute atomic E-state index is 6.04. The van der Waals surface area contributed by atoms with Gasteiger partial charge in [-0.25, -0.2) is 4.98 Å². The fourth-order valence-electron chi connectivity index (χ4n) is 6.78. The summed E-state index contributed by atoms with van der Waals surface area (Å²) in [6.45, 7) is 5.98. The van der Waals surface area contributed by atoms with Crippen molar-refractivity contribution in [1.29, 1.82) is 0 Å². The summed E-state index contributed by atoms with van der Waals surface area (Å²) in [7, 11) is -0.928. The van der Waals surface area contributed by atoms with Gasteiger partial charge >= 0.3 is 0 Å². The van der Waals surface area contributed by atoms with Crippen LogP contribution < -0.4 is 31.0 Å². The number of benzene rings is 6. The molecule has 0 radical (unpaired) electrons. The Morgan fingerprint density at radius 2 is 1.00 bits per heavy atom. The second kappa shape index (κ2) is 18.6. The van der Waals surface area contributed by atoms with Gasteiger partial charge < -0.3 is 14.0 Å². The largest absolute Gasteiger partial charge is 0.494 e. The molecule has 6 heteroatoms. The zero-order valence-corrected chi connectivity index (χ0v) is 31.6. The van der Waals surface area contributed by atoms with Crippen LogP contribution in [0, 0.1) is 0 Å². The molecule has 0 amide bonds. The fraction of sp³-hybridized carbons (Fsp3) is 0.152. The van der Waals surface area contributed by atoms with Crippen LogP contribution in [0.3, 0.4) is 0 Å². The Morgan fingerprint density at radius 3 is 1.40 bits per heavy atom. The molecule has 260 valence electrons. The third-order valence-corrected chi connectivity index (χ3v) is 11.8. The van der Waals surface area contributed by atoms with Gasteiger partial charge in [0.05, 0.1) is 34.2 Å². The molecule has 0 aliphatic carbocycles. The molecule has 7 rings (SSSR count). The van der Waals surface area contributed by atoms with E-state index < -0.39 is 9.52 Å². The van der Waals surface area contributed by atoms with Crippen LogP contribution in [0.15, 0.2) is 189 Å². The molecule has 6 aromatic carbocycles. The Bertz CT molecular complexity index is 1900. The summed E-state index contributed by atoms with van der Waals surface area (Å²) >= 11 is 0. The third kappa shape index (κ3) is 9.00. The van der Waals surface area contributed by atoms with E-state index in [9.17, 15) is 0 Å². The van der Waals surface area contributed by atoms with Gasteiger partial charge in [0, 0.05) is 12.4 Å². The van der Waals surface area contributed by atoms with Crippen LogP contribution in [-0.2, 0) is 5.16 Å². The third-order valence-electron chi connectivity index (χ3n) is 9.22. The van der Waals surface area contributed by atoms with E-state index in [1.165, 1.54) is 32.7 Å². The lowest BCUT2D eigenvalue weighted by Gasteiger charge is -2.37. The predicted molar refractivity (Wildman–Crippen MR) is 221 cm³/mol. The molecule has 0 saturated carbocycles. The Labute approximate surface area is 312 Å². The number of hydrogen-bond acceptors (Lipinski definition) is 3. The van der Waals surface area contributed by atoms with Crippen molar-refractivity contribution < 1.29 is 9.47 Å². The molecule has 0 atom stereocenters. The summed E-state index contributed by atoms with van der Waals surface area (Å²) in [4.78, 5) is 4.45. The summed E-state index contributed by atoms with van der Waals surface area (Å²) in [5.74, 6) is 1.80. The Kier molecular flexibility index (Phi) is 12.9. The highest BCUT2D eigenvalue weighted by molar-refractivity contribution is 6.95. The van der Waals surface area contributed by atoms with Crippen LogP contribution in [0.25, 0.3) is 0 Å². The van der Waals surface area contributed by atoms with Crippen molar-refractivity contribution in [1.82, 2.24) is 9.55 Å². The first-order valence-electron chi connectivity index (χ1n) is 18.3. The van der Waals surface area contributed by atoms with E-state index in [2.05, 4.69) is 187 Å². The lowest BCUT2D eigenvalue weighted by molar-refractivity contribution is 0.316. The summed E-state index contributed by atoms with van der Waals surface area (Å²) in [5.41, 5.74) is 6.41. The number of rotatable bonds is 14. The monoisotopic (exact) mass is 698 g/mol. The highest BCUT2D eigenvalue weighted by Gasteiger charge is 2.37. The smallest absolute Gasteiger partial charge is 0.241 e. The quantitative estimate of drug-likeness (QED) is 0.116. The Hall–Kier alpha value is -5.59. The van der Waals surface area contributed by atoms with E-state index in [0.29, 0.717) is 19.9 Å². The Morgan fingerprint density at radius 1 is 0.558 bits per heavy atom. The van der Waals surface area contributed by atoms with Crippen molar-refractivity contribution in [3.8, 4) is 11.5 Å². The minimum atomic E-state index is -0.928. The lowest BCUT2D eigenvalue weighted by Crippen LogP contribution is -2.51. The molecule has 0 spiro atoms. The van der Waals surface area contributed by atoms with Crippen LogP contribution >= 0.6 is 0 Å². The summed E-state index contributed by atoms with van der Waals surface area (Å²) in [5, 5.41) is 1.00. The molecule has 1 aromatic heterocycles. The first-order valence-corrected chi connectivity index (χ1v) is 19.8. The summed E-state index contributed by atoms with van der Waals surface area (Å²) in [6, 6.07) is 60.0. The molecule has 0 bridgehead atoms. The van der Waals surface area contributed by atoms with Gasteiger partial charge in [-0.2, -0.15) is 0 Å². The van der Waals surface area contributed by atoms with E-state index in [1.807, 2.05) is 24.7 Å². The van der Waals surface area contributed by atoms with Crippen molar-refractivity contribution in [2.75, 3.05) is 13.2 Å². The van der Waals surface area contributed by atoms with Gasteiger partial charge in [0.25, 0.3) is 0 Å². The summed E-state index contributed by atoms with van der Waals surface area (Å²) in [6.07, 6.45) is 7.84. The molecule has 0 unspecified atom stereocenters. The number of imidazole rings is 1. The molecule has 0 aliphatic heterocycles. The topological polar surface area (TPSA) is 36.3 Å². The molecule has 0 N–H and O–H groups in total. The Balaban J connectivity index is 0.000000206. The van der Waals surface area contributed by atoms with E-state index >= 15 is 0 Å². The normalized spacial score (nSPS) is 11.1. The SMILES string of the molecule is CCCOc1cccc(C([SiH2]c2ccccc2)(c2cccc(OCCC)c2)n2ccnc2)c1.c1ccc(B(c2ccccc2)c2ccccc2)cc1. The van der Waals surface area contributed by atoms with Crippen LogP contribution in [0.4, 0.5) is 0 Å². The van der Waals surface area contributed by atoms with E-state index in [1.54, 1.807) is 0 Å². The first kappa shape index (κ1) is 36.2. The van der Waals surface area contributed by atoms with Gasteiger partial charge in [-0.15, -0.1) is 0 Å². The maximum atomic E-state index is 6.04. The van der Waals surface area contributed by atoms with Gasteiger partial charge in [0.2, 0.25) is 6.71 Å². The lowest BCUT2D eigenvalue weighted by atomic mass is 9.37. The van der Waals surface area contributed by atoms with Gasteiger partial charge in [0.1, 0.15) is 11.5 Å². The molecule has 4 nitrogen and oxygen atoms in total.